The molecule has 4 heteroatoms. The predicted octanol–water partition coefficient (Wildman–Crippen LogP) is 16.6. The minimum Gasteiger partial charge on any atom is -0.249 e. The van der Waals surface area contributed by atoms with Crippen LogP contribution in [0.1, 0.15) is 17.0 Å². The second kappa shape index (κ2) is 17.8. The van der Waals surface area contributed by atoms with Crippen LogP contribution in [0.5, 0.6) is 0 Å². The van der Waals surface area contributed by atoms with Gasteiger partial charge in [0.1, 0.15) is 0 Å². The molecule has 0 aliphatic carbocycles. The van der Waals surface area contributed by atoms with Crippen LogP contribution in [-0.4, -0.2) is 19.9 Å². The first-order valence-electron chi connectivity index (χ1n) is 22.8. The molecule has 11 aromatic carbocycles. The molecular formula is C63H46N4. The topological polar surface area (TPSA) is 51.6 Å². The van der Waals surface area contributed by atoms with Gasteiger partial charge >= 0.3 is 0 Å². The Morgan fingerprint density at radius 2 is 0.731 bits per heavy atom. The van der Waals surface area contributed by atoms with Crippen LogP contribution in [0.4, 0.5) is 0 Å². The molecule has 0 amide bonds. The van der Waals surface area contributed by atoms with Crippen molar-refractivity contribution in [1.29, 1.82) is 0 Å². The molecular weight excluding hydrogens is 813 g/mol. The van der Waals surface area contributed by atoms with Gasteiger partial charge in [0.15, 0.2) is 0 Å². The number of rotatable bonds is 3. The Morgan fingerprint density at radius 3 is 1.34 bits per heavy atom. The maximum atomic E-state index is 4.79. The molecule has 0 aliphatic rings. The van der Waals surface area contributed by atoms with Gasteiger partial charge in [-0.25, -0.2) is 19.9 Å². The number of benzene rings is 11. The monoisotopic (exact) mass is 858 g/mol. The maximum absolute atomic E-state index is 4.79. The zero-order valence-corrected chi connectivity index (χ0v) is 37.7. The fraction of sp³-hybridized carbons (Fsp3) is 0.0476. The zero-order valence-electron chi connectivity index (χ0n) is 37.7. The van der Waals surface area contributed by atoms with Crippen molar-refractivity contribution in [2.45, 2.75) is 20.8 Å². The molecule has 0 fully saturated rings. The molecule has 13 rings (SSSR count). The van der Waals surface area contributed by atoms with Crippen molar-refractivity contribution in [3.63, 3.8) is 0 Å². The summed E-state index contributed by atoms with van der Waals surface area (Å²) in [6.07, 6.45) is 0. The van der Waals surface area contributed by atoms with Gasteiger partial charge in [0.2, 0.25) is 0 Å². The lowest BCUT2D eigenvalue weighted by molar-refractivity contribution is 1.19. The summed E-state index contributed by atoms with van der Waals surface area (Å²) in [7, 11) is 0. The van der Waals surface area contributed by atoms with Gasteiger partial charge in [0.05, 0.1) is 44.8 Å². The number of aromatic nitrogens is 4. The molecule has 67 heavy (non-hydrogen) atoms. The standard InChI is InChI=1S/C29H20.C19H14N2.C15H12N2/c1-19-9-8-11-20(17-19)27-18-21-10-2-3-12-22(21)28-25-15-6-4-13-23(25)24-14-5-7-16-26(24)29(27)28;1-13-19(21-18-9-5-4-8-17(18)20-13)16-11-10-14-6-2-3-7-15(14)12-16;1-11-15(12-7-3-2-4-8-12)17-14-10-6-5-9-13(14)16-11/h2-18H,1H3;2-12H,1H3;2-10H,1H3. The highest BCUT2D eigenvalue weighted by Crippen LogP contribution is 2.44. The van der Waals surface area contributed by atoms with Gasteiger partial charge < -0.3 is 0 Å². The minimum absolute atomic E-state index is 0.936. The van der Waals surface area contributed by atoms with E-state index in [1.165, 1.54) is 70.6 Å². The molecule has 0 bridgehead atoms. The summed E-state index contributed by atoms with van der Waals surface area (Å²) in [6, 6.07) is 78.6. The molecule has 2 heterocycles. The van der Waals surface area contributed by atoms with Gasteiger partial charge in [-0.3, -0.25) is 0 Å². The molecule has 13 aromatic rings. The Bertz CT molecular complexity index is 3970. The first kappa shape index (κ1) is 41.1. The van der Waals surface area contributed by atoms with Crippen LogP contribution in [0.2, 0.25) is 0 Å². The SMILES string of the molecule is Cc1cccc(-c2cc3ccccc3c3c4ccccc4c4ccccc4c23)c1.Cc1nc2ccccc2nc1-c1ccc2ccccc2c1.Cc1nc2ccccc2nc1-c1ccccc1. The summed E-state index contributed by atoms with van der Waals surface area (Å²) in [5.74, 6) is 0. The van der Waals surface area contributed by atoms with Crippen molar-refractivity contribution >= 4 is 75.9 Å². The summed E-state index contributed by atoms with van der Waals surface area (Å²) in [4.78, 5) is 18.7. The molecule has 0 saturated heterocycles. The minimum atomic E-state index is 0.936. The third-order valence-corrected chi connectivity index (χ3v) is 12.6. The first-order chi connectivity index (χ1) is 33.0. The Hall–Kier alpha value is -8.60. The van der Waals surface area contributed by atoms with E-state index >= 15 is 0 Å². The number of para-hydroxylation sites is 4. The van der Waals surface area contributed by atoms with Crippen LogP contribution in [0.3, 0.4) is 0 Å². The van der Waals surface area contributed by atoms with E-state index in [2.05, 4.69) is 180 Å². The van der Waals surface area contributed by atoms with Crippen molar-refractivity contribution in [2.75, 3.05) is 0 Å². The number of aryl methyl sites for hydroxylation is 3. The fourth-order valence-corrected chi connectivity index (χ4v) is 9.48. The van der Waals surface area contributed by atoms with E-state index in [-0.39, 0.29) is 0 Å². The average molecular weight is 859 g/mol. The van der Waals surface area contributed by atoms with Crippen molar-refractivity contribution in [2.24, 2.45) is 0 Å². The van der Waals surface area contributed by atoms with Crippen molar-refractivity contribution < 1.29 is 0 Å². The molecule has 0 spiro atoms. The van der Waals surface area contributed by atoms with Gasteiger partial charge in [-0.05, 0) is 122 Å². The number of nitrogens with zero attached hydrogens (tertiary/aromatic N) is 4. The first-order valence-corrected chi connectivity index (χ1v) is 22.8. The Labute approximate surface area is 389 Å². The second-order valence-corrected chi connectivity index (χ2v) is 17.1. The molecule has 318 valence electrons. The van der Waals surface area contributed by atoms with Crippen LogP contribution >= 0.6 is 0 Å². The summed E-state index contributed by atoms with van der Waals surface area (Å²) in [6.45, 7) is 6.19. The van der Waals surface area contributed by atoms with Crippen LogP contribution in [0, 0.1) is 20.8 Å². The molecule has 0 atom stereocenters. The third-order valence-electron chi connectivity index (χ3n) is 12.6. The number of hydrogen-bond donors (Lipinski definition) is 0. The number of hydrogen-bond acceptors (Lipinski definition) is 4. The highest BCUT2D eigenvalue weighted by molar-refractivity contribution is 6.34. The van der Waals surface area contributed by atoms with Crippen molar-refractivity contribution in [1.82, 2.24) is 19.9 Å². The Morgan fingerprint density at radius 1 is 0.269 bits per heavy atom. The van der Waals surface area contributed by atoms with E-state index in [0.717, 1.165) is 56.0 Å². The molecule has 0 aliphatic heterocycles. The lowest BCUT2D eigenvalue weighted by Crippen LogP contribution is -1.94. The van der Waals surface area contributed by atoms with Gasteiger partial charge in [0, 0.05) is 11.1 Å². The maximum Gasteiger partial charge on any atom is 0.0922 e. The molecule has 0 N–H and O–H groups in total. The summed E-state index contributed by atoms with van der Waals surface area (Å²) in [5, 5.41) is 13.1. The Balaban J connectivity index is 0.000000115. The molecule has 2 aromatic heterocycles. The van der Waals surface area contributed by atoms with Gasteiger partial charge in [-0.15, -0.1) is 0 Å². The van der Waals surface area contributed by atoms with Gasteiger partial charge in [0.25, 0.3) is 0 Å². The van der Waals surface area contributed by atoms with Crippen molar-refractivity contribution in [3.05, 3.63) is 241 Å². The molecule has 0 radical (unpaired) electrons. The van der Waals surface area contributed by atoms with E-state index in [1.54, 1.807) is 0 Å². The summed E-state index contributed by atoms with van der Waals surface area (Å²) in [5.41, 5.74) is 13.7. The molecule has 0 saturated carbocycles. The van der Waals surface area contributed by atoms with E-state index in [1.807, 2.05) is 80.6 Å². The van der Waals surface area contributed by atoms with E-state index in [0.29, 0.717) is 0 Å². The summed E-state index contributed by atoms with van der Waals surface area (Å²) >= 11 is 0. The normalized spacial score (nSPS) is 11.2. The zero-order chi connectivity index (χ0) is 45.3. The fourth-order valence-electron chi connectivity index (χ4n) is 9.48. The van der Waals surface area contributed by atoms with E-state index < -0.39 is 0 Å². The average Bonchev–Trinajstić information content (AvgIpc) is 3.38. The highest BCUT2D eigenvalue weighted by atomic mass is 14.8. The second-order valence-electron chi connectivity index (χ2n) is 17.1. The van der Waals surface area contributed by atoms with Crippen LogP contribution in [0.15, 0.2) is 224 Å². The Kier molecular flexibility index (Phi) is 10.9. The van der Waals surface area contributed by atoms with Crippen LogP contribution in [0.25, 0.3) is 110 Å². The van der Waals surface area contributed by atoms with E-state index in [9.17, 15) is 0 Å². The smallest absolute Gasteiger partial charge is 0.0922 e. The van der Waals surface area contributed by atoms with Gasteiger partial charge in [-0.1, -0.05) is 194 Å². The van der Waals surface area contributed by atoms with E-state index in [4.69, 9.17) is 4.98 Å². The third kappa shape index (κ3) is 8.00. The lowest BCUT2D eigenvalue weighted by Gasteiger charge is -2.17. The predicted molar refractivity (Wildman–Crippen MR) is 284 cm³/mol. The molecule has 0 unspecified atom stereocenters. The largest absolute Gasteiger partial charge is 0.249 e. The number of fused-ring (bicyclic) bond motifs is 11. The molecule has 4 nitrogen and oxygen atoms in total. The van der Waals surface area contributed by atoms with Gasteiger partial charge in [-0.2, -0.15) is 0 Å². The summed E-state index contributed by atoms with van der Waals surface area (Å²) < 4.78 is 0. The highest BCUT2D eigenvalue weighted by Gasteiger charge is 2.16. The van der Waals surface area contributed by atoms with Crippen LogP contribution < -0.4 is 0 Å². The quantitative estimate of drug-likeness (QED) is 0.166. The van der Waals surface area contributed by atoms with Crippen LogP contribution in [-0.2, 0) is 0 Å². The lowest BCUT2D eigenvalue weighted by atomic mass is 9.86. The van der Waals surface area contributed by atoms with Crippen molar-refractivity contribution in [3.8, 4) is 33.6 Å².